The van der Waals surface area contributed by atoms with Gasteiger partial charge in [-0.15, -0.1) is 4.40 Å². The third-order valence-electron chi connectivity index (χ3n) is 4.61. The largest absolute Gasteiger partial charge is 0.378 e. The number of nitrogens with zero attached hydrogens (tertiary/aromatic N) is 3. The highest BCUT2D eigenvalue weighted by molar-refractivity contribution is 7.90. The van der Waals surface area contributed by atoms with E-state index in [9.17, 15) is 13.2 Å². The van der Waals surface area contributed by atoms with E-state index in [-0.39, 0.29) is 29.6 Å². The molecule has 0 radical (unpaired) electrons. The maximum absolute atomic E-state index is 12.9. The number of carbonyl (C=O) groups is 1. The highest BCUT2D eigenvalue weighted by Gasteiger charge is 2.30. The van der Waals surface area contributed by atoms with Crippen LogP contribution in [0, 0.1) is 0 Å². The van der Waals surface area contributed by atoms with E-state index < -0.39 is 10.0 Å². The van der Waals surface area contributed by atoms with E-state index in [4.69, 9.17) is 4.74 Å². The van der Waals surface area contributed by atoms with E-state index >= 15 is 0 Å². The van der Waals surface area contributed by atoms with Crippen molar-refractivity contribution in [2.24, 2.45) is 4.40 Å². The van der Waals surface area contributed by atoms with Crippen molar-refractivity contribution >= 4 is 33.1 Å². The first-order valence-corrected chi connectivity index (χ1v) is 10.4. The molecule has 1 aromatic carbocycles. The van der Waals surface area contributed by atoms with Crippen molar-refractivity contribution in [3.63, 3.8) is 0 Å². The first-order chi connectivity index (χ1) is 13.0. The Kier molecular flexibility index (Phi) is 4.71. The number of hydrogen-bond acceptors (Lipinski definition) is 6. The molecular weight excluding hydrogens is 368 g/mol. The summed E-state index contributed by atoms with van der Waals surface area (Å²) < 4.78 is 32.9. The van der Waals surface area contributed by atoms with Gasteiger partial charge in [0.1, 0.15) is 0 Å². The van der Waals surface area contributed by atoms with Gasteiger partial charge in [-0.1, -0.05) is 12.1 Å². The number of amidine groups is 1. The van der Waals surface area contributed by atoms with Crippen molar-refractivity contribution < 1.29 is 17.9 Å². The summed E-state index contributed by atoms with van der Waals surface area (Å²) in [6, 6.07) is 7.55. The summed E-state index contributed by atoms with van der Waals surface area (Å²) >= 11 is 0. The molecule has 1 N–H and O–H groups in total. The van der Waals surface area contributed by atoms with Gasteiger partial charge in [0, 0.05) is 25.8 Å². The highest BCUT2D eigenvalue weighted by atomic mass is 32.2. The second-order valence-electron chi connectivity index (χ2n) is 6.39. The fourth-order valence-electron chi connectivity index (χ4n) is 3.24. The first kappa shape index (κ1) is 17.7. The molecule has 0 unspecified atom stereocenters. The van der Waals surface area contributed by atoms with Crippen molar-refractivity contribution in [1.29, 1.82) is 0 Å². The summed E-state index contributed by atoms with van der Waals surface area (Å²) in [7, 11) is -3.55. The van der Waals surface area contributed by atoms with Gasteiger partial charge >= 0.3 is 0 Å². The van der Waals surface area contributed by atoms with Gasteiger partial charge in [-0.25, -0.2) is 8.42 Å². The van der Waals surface area contributed by atoms with Crippen molar-refractivity contribution in [3.8, 4) is 0 Å². The molecule has 142 valence electrons. The number of hydrogen-bond donors (Lipinski definition) is 1. The number of nitrogens with one attached hydrogen (secondary N) is 1. The molecule has 1 fully saturated rings. The molecule has 4 rings (SSSR count). The van der Waals surface area contributed by atoms with Gasteiger partial charge in [0.25, 0.3) is 15.9 Å². The van der Waals surface area contributed by atoms with Crippen LogP contribution >= 0.6 is 0 Å². The number of ether oxygens (including phenoxy) is 1. The van der Waals surface area contributed by atoms with Crippen LogP contribution in [0.2, 0.25) is 0 Å². The number of anilines is 2. The summed E-state index contributed by atoms with van der Waals surface area (Å²) in [4.78, 5) is 16.7. The molecule has 3 aliphatic rings. The van der Waals surface area contributed by atoms with Gasteiger partial charge in [0.05, 0.1) is 35.9 Å². The zero-order valence-corrected chi connectivity index (χ0v) is 15.5. The fourth-order valence-corrected chi connectivity index (χ4v) is 4.23. The quantitative estimate of drug-likeness (QED) is 0.829. The maximum atomic E-state index is 12.9. The van der Waals surface area contributed by atoms with Crippen LogP contribution in [0.4, 0.5) is 11.4 Å². The van der Waals surface area contributed by atoms with Gasteiger partial charge in [-0.3, -0.25) is 4.79 Å². The van der Waals surface area contributed by atoms with Crippen LogP contribution in [0.3, 0.4) is 0 Å². The maximum Gasteiger partial charge on any atom is 0.259 e. The zero-order valence-electron chi connectivity index (χ0n) is 14.7. The average molecular weight is 388 g/mol. The number of benzene rings is 1. The normalized spacial score (nSPS) is 21.2. The second kappa shape index (κ2) is 7.16. The number of morpholine rings is 1. The standard InChI is InChI=1S/C18H20N4O4S/c23-18(14-4-3-7-22-10-13-27(24,25)20-17(14)22)19-15-5-1-2-6-16(15)21-8-11-26-12-9-21/h1-7H,8-13H2,(H,19,23). The fraction of sp³-hybridized carbons (Fsp3) is 0.333. The minimum atomic E-state index is -3.55. The predicted molar refractivity (Wildman–Crippen MR) is 103 cm³/mol. The van der Waals surface area contributed by atoms with Crippen molar-refractivity contribution in [1.82, 2.24) is 4.90 Å². The van der Waals surface area contributed by atoms with Crippen LogP contribution in [0.25, 0.3) is 0 Å². The summed E-state index contributed by atoms with van der Waals surface area (Å²) in [5.41, 5.74) is 1.82. The number of fused-ring (bicyclic) bond motifs is 1. The van der Waals surface area contributed by atoms with E-state index in [0.717, 1.165) is 18.8 Å². The van der Waals surface area contributed by atoms with Gasteiger partial charge < -0.3 is 19.9 Å². The Morgan fingerprint density at radius 3 is 2.74 bits per heavy atom. The summed E-state index contributed by atoms with van der Waals surface area (Å²) in [5.74, 6) is -0.277. The third kappa shape index (κ3) is 3.74. The minimum Gasteiger partial charge on any atom is -0.378 e. The molecule has 1 amide bonds. The molecule has 3 aliphatic heterocycles. The van der Waals surface area contributed by atoms with Crippen molar-refractivity contribution in [2.75, 3.05) is 48.8 Å². The van der Waals surface area contributed by atoms with Gasteiger partial charge in [-0.05, 0) is 24.3 Å². The molecule has 27 heavy (non-hydrogen) atoms. The number of rotatable bonds is 3. The molecular formula is C18H20N4O4S. The molecule has 0 bridgehead atoms. The molecule has 9 heteroatoms. The lowest BCUT2D eigenvalue weighted by atomic mass is 10.1. The molecule has 1 saturated heterocycles. The average Bonchev–Trinajstić information content (AvgIpc) is 2.68. The Hall–Kier alpha value is -2.65. The van der Waals surface area contributed by atoms with E-state index in [1.54, 1.807) is 23.3 Å². The number of carbonyl (C=O) groups excluding carboxylic acids is 1. The number of sulfonamides is 1. The molecule has 0 atom stereocenters. The van der Waals surface area contributed by atoms with Crippen molar-refractivity contribution in [2.45, 2.75) is 0 Å². The summed E-state index contributed by atoms with van der Waals surface area (Å²) in [6.45, 7) is 3.06. The van der Waals surface area contributed by atoms with Crippen LogP contribution in [-0.4, -0.2) is 63.7 Å². The molecule has 1 aromatic rings. The molecule has 0 saturated carbocycles. The van der Waals surface area contributed by atoms with Gasteiger partial charge in [0.15, 0.2) is 5.84 Å². The van der Waals surface area contributed by atoms with E-state index in [0.29, 0.717) is 18.9 Å². The Balaban J connectivity index is 1.60. The van der Waals surface area contributed by atoms with Crippen LogP contribution in [0.15, 0.2) is 52.6 Å². The highest BCUT2D eigenvalue weighted by Crippen LogP contribution is 2.27. The van der Waals surface area contributed by atoms with Gasteiger partial charge in [0.2, 0.25) is 0 Å². The first-order valence-electron chi connectivity index (χ1n) is 8.75. The van der Waals surface area contributed by atoms with Crippen LogP contribution in [0.1, 0.15) is 0 Å². The predicted octanol–water partition coefficient (Wildman–Crippen LogP) is 0.959. The van der Waals surface area contributed by atoms with Crippen LogP contribution in [0.5, 0.6) is 0 Å². The Morgan fingerprint density at radius 1 is 1.15 bits per heavy atom. The Bertz CT molecular complexity index is 946. The number of para-hydroxylation sites is 2. The smallest absolute Gasteiger partial charge is 0.259 e. The SMILES string of the molecule is O=C(Nc1ccccc1N1CCOCC1)C1=CC=CN2CCS(=O)(=O)N=C12. The van der Waals surface area contributed by atoms with Crippen LogP contribution < -0.4 is 10.2 Å². The Labute approximate surface area is 157 Å². The molecule has 0 aliphatic carbocycles. The van der Waals surface area contributed by atoms with E-state index in [1.165, 1.54) is 0 Å². The molecule has 0 spiro atoms. The monoisotopic (exact) mass is 388 g/mol. The number of amides is 1. The lowest BCUT2D eigenvalue weighted by molar-refractivity contribution is -0.112. The lowest BCUT2D eigenvalue weighted by Gasteiger charge is -2.31. The third-order valence-corrected chi connectivity index (χ3v) is 5.76. The molecule has 8 nitrogen and oxygen atoms in total. The van der Waals surface area contributed by atoms with Crippen LogP contribution in [-0.2, 0) is 19.6 Å². The summed E-state index contributed by atoms with van der Waals surface area (Å²) in [5, 5.41) is 2.91. The van der Waals surface area contributed by atoms with E-state index in [2.05, 4.69) is 14.6 Å². The minimum absolute atomic E-state index is 0.0599. The zero-order chi connectivity index (χ0) is 18.9. The Morgan fingerprint density at radius 2 is 1.93 bits per heavy atom. The molecule has 3 heterocycles. The van der Waals surface area contributed by atoms with Gasteiger partial charge in [-0.2, -0.15) is 0 Å². The summed E-state index contributed by atoms with van der Waals surface area (Å²) in [6.07, 6.45) is 5.04. The lowest BCUT2D eigenvalue weighted by Crippen LogP contribution is -2.41. The second-order valence-corrected chi connectivity index (χ2v) is 8.14. The molecule has 0 aromatic heterocycles. The van der Waals surface area contributed by atoms with Crippen molar-refractivity contribution in [3.05, 3.63) is 48.2 Å². The topological polar surface area (TPSA) is 91.3 Å². The number of allylic oxidation sites excluding steroid dienone is 2. The van der Waals surface area contributed by atoms with E-state index in [1.807, 2.05) is 24.3 Å².